The van der Waals surface area contributed by atoms with Crippen LogP contribution in [-0.4, -0.2) is 23.0 Å². The van der Waals surface area contributed by atoms with Gasteiger partial charge in [0.15, 0.2) is 0 Å². The molecule has 24 heavy (non-hydrogen) atoms. The average molecular weight is 326 g/mol. The lowest BCUT2D eigenvalue weighted by atomic mass is 10.0. The van der Waals surface area contributed by atoms with Crippen LogP contribution in [0, 0.1) is 17.1 Å². The molecule has 1 atom stereocenters. The van der Waals surface area contributed by atoms with Gasteiger partial charge in [0.25, 0.3) is 0 Å². The number of aliphatic carboxylic acids is 1. The summed E-state index contributed by atoms with van der Waals surface area (Å²) in [6.45, 7) is 0. The summed E-state index contributed by atoms with van der Waals surface area (Å²) in [7, 11) is 0. The van der Waals surface area contributed by atoms with Crippen molar-refractivity contribution in [1.82, 2.24) is 5.32 Å². The van der Waals surface area contributed by atoms with E-state index >= 15 is 0 Å². The third kappa shape index (κ3) is 4.65. The zero-order valence-corrected chi connectivity index (χ0v) is 12.7. The monoisotopic (exact) mass is 326 g/mol. The van der Waals surface area contributed by atoms with E-state index in [-0.39, 0.29) is 12.8 Å². The minimum absolute atomic E-state index is 0.00816. The first-order chi connectivity index (χ1) is 11.5. The van der Waals surface area contributed by atoms with Crippen LogP contribution < -0.4 is 5.32 Å². The first-order valence-electron chi connectivity index (χ1n) is 7.24. The number of nitrogens with one attached hydrogen (secondary N) is 1. The lowest BCUT2D eigenvalue weighted by molar-refractivity contribution is -0.141. The van der Waals surface area contributed by atoms with Crippen LogP contribution >= 0.6 is 0 Å². The Morgan fingerprint density at radius 1 is 1.17 bits per heavy atom. The molecule has 0 bridgehead atoms. The summed E-state index contributed by atoms with van der Waals surface area (Å²) >= 11 is 0. The number of rotatable bonds is 6. The van der Waals surface area contributed by atoms with E-state index in [0.29, 0.717) is 16.7 Å². The number of amides is 1. The first kappa shape index (κ1) is 17.2. The smallest absolute Gasteiger partial charge is 0.326 e. The van der Waals surface area contributed by atoms with E-state index in [1.807, 2.05) is 6.07 Å². The minimum Gasteiger partial charge on any atom is -0.480 e. The number of hydrogen-bond acceptors (Lipinski definition) is 3. The van der Waals surface area contributed by atoms with Crippen LogP contribution in [0.1, 0.15) is 16.7 Å². The number of nitrogens with zero attached hydrogens (tertiary/aromatic N) is 1. The van der Waals surface area contributed by atoms with Gasteiger partial charge in [-0.15, -0.1) is 0 Å². The molecular weight excluding hydrogens is 311 g/mol. The summed E-state index contributed by atoms with van der Waals surface area (Å²) in [6, 6.07) is 12.9. The number of hydrogen-bond donors (Lipinski definition) is 2. The topological polar surface area (TPSA) is 90.2 Å². The molecule has 0 aliphatic carbocycles. The fourth-order valence-corrected chi connectivity index (χ4v) is 2.26. The van der Waals surface area contributed by atoms with Gasteiger partial charge in [0.05, 0.1) is 18.1 Å². The van der Waals surface area contributed by atoms with Crippen LogP contribution in [0.15, 0.2) is 48.5 Å². The molecule has 0 heterocycles. The molecule has 0 aliphatic rings. The Hall–Kier alpha value is -3.20. The standard InChI is InChI=1S/C18H15FN2O3/c19-15-7-5-12(6-8-15)9-17(22)21-16(18(23)24)10-13-3-1-2-4-14(13)11-20/h1-8,16H,9-10H2,(H,21,22)(H,23,24)/t16-/m1/s1. The second-order valence-electron chi connectivity index (χ2n) is 5.23. The molecule has 2 rings (SSSR count). The molecular formula is C18H15FN2O3. The third-order valence-corrected chi connectivity index (χ3v) is 3.47. The van der Waals surface area contributed by atoms with Crippen LogP contribution in [0.3, 0.4) is 0 Å². The maximum absolute atomic E-state index is 12.8. The molecule has 6 heteroatoms. The van der Waals surface area contributed by atoms with E-state index in [4.69, 9.17) is 5.26 Å². The summed E-state index contributed by atoms with van der Waals surface area (Å²) in [6.07, 6.45) is -0.0435. The zero-order chi connectivity index (χ0) is 17.5. The van der Waals surface area contributed by atoms with Crippen LogP contribution in [0.4, 0.5) is 4.39 Å². The minimum atomic E-state index is -1.19. The molecule has 0 unspecified atom stereocenters. The molecule has 0 aliphatic heterocycles. The number of carboxylic acid groups (broad SMARTS) is 1. The molecule has 0 radical (unpaired) electrons. The van der Waals surface area contributed by atoms with Crippen molar-refractivity contribution in [3.63, 3.8) is 0 Å². The predicted molar refractivity (Wildman–Crippen MR) is 84.5 cm³/mol. The van der Waals surface area contributed by atoms with Crippen molar-refractivity contribution in [2.45, 2.75) is 18.9 Å². The highest BCUT2D eigenvalue weighted by atomic mass is 19.1. The number of nitriles is 1. The molecule has 2 aromatic carbocycles. The fraction of sp³-hybridized carbons (Fsp3) is 0.167. The number of carboxylic acids is 1. The summed E-state index contributed by atoms with van der Waals surface area (Å²) in [5.41, 5.74) is 1.50. The van der Waals surface area contributed by atoms with Crippen LogP contribution in [0.5, 0.6) is 0 Å². The molecule has 0 saturated heterocycles. The summed E-state index contributed by atoms with van der Waals surface area (Å²) in [5.74, 6) is -2.07. The summed E-state index contributed by atoms with van der Waals surface area (Å²) in [5, 5.41) is 20.8. The van der Waals surface area contributed by atoms with Gasteiger partial charge in [-0.25, -0.2) is 9.18 Å². The predicted octanol–water partition coefficient (Wildman–Crippen LogP) is 2.05. The van der Waals surface area contributed by atoms with E-state index in [0.717, 1.165) is 0 Å². The van der Waals surface area contributed by atoms with Crippen LogP contribution in [0.25, 0.3) is 0 Å². The van der Waals surface area contributed by atoms with Gasteiger partial charge in [0.2, 0.25) is 5.91 Å². The van der Waals surface area contributed by atoms with E-state index in [2.05, 4.69) is 5.32 Å². The Kier molecular flexibility index (Phi) is 5.63. The molecule has 5 nitrogen and oxygen atoms in total. The van der Waals surface area contributed by atoms with E-state index in [9.17, 15) is 19.1 Å². The van der Waals surface area contributed by atoms with Gasteiger partial charge in [-0.3, -0.25) is 4.79 Å². The second-order valence-corrected chi connectivity index (χ2v) is 5.23. The third-order valence-electron chi connectivity index (χ3n) is 3.47. The van der Waals surface area contributed by atoms with Crippen molar-refractivity contribution in [1.29, 1.82) is 5.26 Å². The highest BCUT2D eigenvalue weighted by Gasteiger charge is 2.21. The average Bonchev–Trinajstić information content (AvgIpc) is 2.56. The van der Waals surface area contributed by atoms with Crippen LogP contribution in [0.2, 0.25) is 0 Å². The number of benzene rings is 2. The zero-order valence-electron chi connectivity index (χ0n) is 12.7. The molecule has 0 aromatic heterocycles. The Labute approximate surface area is 138 Å². The van der Waals surface area contributed by atoms with E-state index in [1.54, 1.807) is 24.3 Å². The summed E-state index contributed by atoms with van der Waals surface area (Å²) < 4.78 is 12.8. The number of carbonyl (C=O) groups excluding carboxylic acids is 1. The molecule has 2 aromatic rings. The SMILES string of the molecule is N#Cc1ccccc1C[C@@H](NC(=O)Cc1ccc(F)cc1)C(=O)O. The summed E-state index contributed by atoms with van der Waals surface area (Å²) in [4.78, 5) is 23.4. The van der Waals surface area contributed by atoms with Crippen molar-refractivity contribution in [2.75, 3.05) is 0 Å². The van der Waals surface area contributed by atoms with Gasteiger partial charge in [-0.2, -0.15) is 5.26 Å². The molecule has 0 fully saturated rings. The van der Waals surface area contributed by atoms with Crippen molar-refractivity contribution in [3.05, 3.63) is 71.0 Å². The number of carbonyl (C=O) groups is 2. The van der Waals surface area contributed by atoms with Gasteiger partial charge in [-0.1, -0.05) is 30.3 Å². The van der Waals surface area contributed by atoms with Crippen molar-refractivity contribution >= 4 is 11.9 Å². The Balaban J connectivity index is 2.05. The highest BCUT2D eigenvalue weighted by Crippen LogP contribution is 2.11. The lowest BCUT2D eigenvalue weighted by Crippen LogP contribution is -2.43. The molecule has 2 N–H and O–H groups in total. The molecule has 0 spiro atoms. The van der Waals surface area contributed by atoms with Gasteiger partial charge < -0.3 is 10.4 Å². The van der Waals surface area contributed by atoms with Gasteiger partial charge in [-0.05, 0) is 29.3 Å². The van der Waals surface area contributed by atoms with Crippen LogP contribution in [-0.2, 0) is 22.4 Å². The van der Waals surface area contributed by atoms with E-state index < -0.39 is 23.7 Å². The van der Waals surface area contributed by atoms with Crippen molar-refractivity contribution < 1.29 is 19.1 Å². The molecule has 0 saturated carbocycles. The number of halogens is 1. The van der Waals surface area contributed by atoms with E-state index in [1.165, 1.54) is 24.3 Å². The van der Waals surface area contributed by atoms with Gasteiger partial charge >= 0.3 is 5.97 Å². The maximum Gasteiger partial charge on any atom is 0.326 e. The fourth-order valence-electron chi connectivity index (χ4n) is 2.26. The maximum atomic E-state index is 12.8. The second kappa shape index (κ2) is 7.88. The highest BCUT2D eigenvalue weighted by molar-refractivity contribution is 5.85. The first-order valence-corrected chi connectivity index (χ1v) is 7.24. The molecule has 1 amide bonds. The Morgan fingerprint density at radius 2 is 1.83 bits per heavy atom. The molecule has 122 valence electrons. The van der Waals surface area contributed by atoms with Crippen molar-refractivity contribution in [2.24, 2.45) is 0 Å². The normalized spacial score (nSPS) is 11.3. The Bertz CT molecular complexity index is 782. The van der Waals surface area contributed by atoms with Gasteiger partial charge in [0, 0.05) is 6.42 Å². The largest absolute Gasteiger partial charge is 0.480 e. The Morgan fingerprint density at radius 3 is 2.46 bits per heavy atom. The lowest BCUT2D eigenvalue weighted by Gasteiger charge is -2.15. The van der Waals surface area contributed by atoms with Crippen molar-refractivity contribution in [3.8, 4) is 6.07 Å². The quantitative estimate of drug-likeness (QED) is 0.850. The van der Waals surface area contributed by atoms with Gasteiger partial charge in [0.1, 0.15) is 11.9 Å².